The van der Waals surface area contributed by atoms with E-state index in [-0.39, 0.29) is 23.3 Å². The van der Waals surface area contributed by atoms with Crippen molar-refractivity contribution in [2.45, 2.75) is 0 Å². The maximum Gasteiger partial charge on any atom is 0.323 e. The molecule has 1 heterocycles. The van der Waals surface area contributed by atoms with Gasteiger partial charge in [-0.3, -0.25) is 0 Å². The fourth-order valence-electron chi connectivity index (χ4n) is 1.55. The third-order valence-corrected chi connectivity index (χ3v) is 2.53. The molecule has 2 rings (SSSR count). The zero-order chi connectivity index (χ0) is 16.1. The Morgan fingerprint density at radius 1 is 1.14 bits per heavy atom. The average molecular weight is 310 g/mol. The van der Waals surface area contributed by atoms with Crippen molar-refractivity contribution < 1.29 is 23.0 Å². The molecule has 2 aromatic rings. The lowest BCUT2D eigenvalue weighted by Gasteiger charge is -2.10. The van der Waals surface area contributed by atoms with Gasteiger partial charge in [0.05, 0.1) is 20.4 Å². The van der Waals surface area contributed by atoms with Crippen LogP contribution in [0, 0.1) is 11.6 Å². The van der Waals surface area contributed by atoms with E-state index in [2.05, 4.69) is 20.6 Å². The largest absolute Gasteiger partial charge is 0.479 e. The molecule has 9 heteroatoms. The number of rotatable bonds is 4. The molecule has 0 unspecified atom stereocenters. The van der Waals surface area contributed by atoms with Crippen LogP contribution in [0.4, 0.5) is 25.0 Å². The minimum absolute atomic E-state index is 0.0726. The minimum atomic E-state index is -1.07. The van der Waals surface area contributed by atoms with Crippen LogP contribution in [0.5, 0.6) is 11.9 Å². The van der Waals surface area contributed by atoms with Crippen molar-refractivity contribution in [1.29, 1.82) is 0 Å². The summed E-state index contributed by atoms with van der Waals surface area (Å²) < 4.78 is 35.7. The highest BCUT2D eigenvalue weighted by Crippen LogP contribution is 2.22. The van der Waals surface area contributed by atoms with Crippen molar-refractivity contribution in [3.8, 4) is 11.9 Å². The Balaban J connectivity index is 2.10. The van der Waals surface area contributed by atoms with Gasteiger partial charge in [0, 0.05) is 11.8 Å². The molecular weight excluding hydrogens is 298 g/mol. The minimum Gasteiger partial charge on any atom is -0.479 e. The first-order valence-electron chi connectivity index (χ1n) is 6.01. The van der Waals surface area contributed by atoms with Gasteiger partial charge in [-0.1, -0.05) is 0 Å². The number of carbonyl (C=O) groups is 1. The van der Waals surface area contributed by atoms with Gasteiger partial charge in [0.1, 0.15) is 5.69 Å². The molecule has 1 aromatic carbocycles. The summed E-state index contributed by atoms with van der Waals surface area (Å²) in [7, 11) is 2.75. The van der Waals surface area contributed by atoms with E-state index in [1.165, 1.54) is 26.5 Å². The van der Waals surface area contributed by atoms with E-state index in [0.29, 0.717) is 0 Å². The van der Waals surface area contributed by atoms with E-state index in [4.69, 9.17) is 9.47 Å². The lowest BCUT2D eigenvalue weighted by molar-refractivity contribution is 0.262. The summed E-state index contributed by atoms with van der Waals surface area (Å²) in [6.07, 6.45) is 1.29. The first kappa shape index (κ1) is 15.4. The molecule has 0 saturated carbocycles. The third-order valence-electron chi connectivity index (χ3n) is 2.53. The number of amides is 2. The van der Waals surface area contributed by atoms with Crippen LogP contribution in [0.25, 0.3) is 0 Å². The Kier molecular flexibility index (Phi) is 4.66. The topological polar surface area (TPSA) is 85.4 Å². The van der Waals surface area contributed by atoms with Crippen LogP contribution in [0.3, 0.4) is 0 Å². The van der Waals surface area contributed by atoms with Crippen molar-refractivity contribution in [1.82, 2.24) is 9.97 Å². The predicted molar refractivity (Wildman–Crippen MR) is 74.1 cm³/mol. The van der Waals surface area contributed by atoms with E-state index in [0.717, 1.165) is 12.1 Å². The SMILES string of the molecule is COc1ncc(NC(=O)Nc2ccc(F)c(F)c2)c(OC)n1. The van der Waals surface area contributed by atoms with Gasteiger partial charge in [0.15, 0.2) is 11.6 Å². The molecule has 0 radical (unpaired) electrons. The maximum atomic E-state index is 13.1. The first-order chi connectivity index (χ1) is 10.5. The Morgan fingerprint density at radius 2 is 1.91 bits per heavy atom. The van der Waals surface area contributed by atoms with E-state index >= 15 is 0 Å². The van der Waals surface area contributed by atoms with Crippen LogP contribution < -0.4 is 20.1 Å². The van der Waals surface area contributed by atoms with E-state index in [1.54, 1.807) is 0 Å². The van der Waals surface area contributed by atoms with Crippen LogP contribution in [-0.2, 0) is 0 Å². The number of benzene rings is 1. The van der Waals surface area contributed by atoms with E-state index in [1.807, 2.05) is 0 Å². The van der Waals surface area contributed by atoms with Gasteiger partial charge >= 0.3 is 12.0 Å². The van der Waals surface area contributed by atoms with Gasteiger partial charge in [-0.2, -0.15) is 4.98 Å². The highest BCUT2D eigenvalue weighted by atomic mass is 19.2. The Bertz CT molecular complexity index is 697. The molecule has 1 aromatic heterocycles. The van der Waals surface area contributed by atoms with E-state index in [9.17, 15) is 13.6 Å². The molecule has 116 valence electrons. The van der Waals surface area contributed by atoms with Crippen LogP contribution in [-0.4, -0.2) is 30.2 Å². The maximum absolute atomic E-state index is 13.1. The highest BCUT2D eigenvalue weighted by molar-refractivity contribution is 6.00. The molecule has 22 heavy (non-hydrogen) atoms. The van der Waals surface area contributed by atoms with Crippen LogP contribution in [0.2, 0.25) is 0 Å². The number of ether oxygens (including phenoxy) is 2. The molecule has 2 amide bonds. The second kappa shape index (κ2) is 6.66. The summed E-state index contributed by atoms with van der Waals surface area (Å²) in [6.45, 7) is 0. The van der Waals surface area contributed by atoms with Crippen LogP contribution in [0.1, 0.15) is 0 Å². The van der Waals surface area contributed by atoms with Gasteiger partial charge in [0.25, 0.3) is 0 Å². The van der Waals surface area contributed by atoms with Crippen molar-refractivity contribution in [2.24, 2.45) is 0 Å². The second-order valence-electron chi connectivity index (χ2n) is 3.99. The Labute approximate surface area is 124 Å². The van der Waals surface area contributed by atoms with Gasteiger partial charge in [-0.05, 0) is 12.1 Å². The predicted octanol–water partition coefficient (Wildman–Crippen LogP) is 2.42. The van der Waals surface area contributed by atoms with Crippen molar-refractivity contribution >= 4 is 17.4 Å². The summed E-state index contributed by atoms with van der Waals surface area (Å²) >= 11 is 0. The molecule has 2 N–H and O–H groups in total. The molecule has 7 nitrogen and oxygen atoms in total. The smallest absolute Gasteiger partial charge is 0.323 e. The average Bonchev–Trinajstić information content (AvgIpc) is 2.51. The molecule has 0 fully saturated rings. The molecule has 0 aliphatic carbocycles. The third kappa shape index (κ3) is 3.57. The van der Waals surface area contributed by atoms with Crippen molar-refractivity contribution in [3.05, 3.63) is 36.0 Å². The Morgan fingerprint density at radius 3 is 2.55 bits per heavy atom. The summed E-state index contributed by atoms with van der Waals surface area (Å²) in [4.78, 5) is 19.5. The Hall–Kier alpha value is -2.97. The number of urea groups is 1. The van der Waals surface area contributed by atoms with Crippen molar-refractivity contribution in [2.75, 3.05) is 24.9 Å². The summed E-state index contributed by atoms with van der Waals surface area (Å²) in [6, 6.07) is 2.36. The molecule has 0 aliphatic heterocycles. The van der Waals surface area contributed by atoms with E-state index < -0.39 is 17.7 Å². The molecule has 0 atom stereocenters. The molecule has 0 saturated heterocycles. The molecular formula is C13H12F2N4O3. The molecule has 0 aliphatic rings. The molecule has 0 bridgehead atoms. The number of hydrogen-bond acceptors (Lipinski definition) is 5. The second-order valence-corrected chi connectivity index (χ2v) is 3.99. The standard InChI is InChI=1S/C13H12F2N4O3/c1-21-11-10(6-16-13(19-11)22-2)18-12(20)17-7-3-4-8(14)9(15)5-7/h3-6H,1-2H3,(H2,17,18,20). The first-order valence-corrected chi connectivity index (χ1v) is 6.01. The number of nitrogens with one attached hydrogen (secondary N) is 2. The zero-order valence-corrected chi connectivity index (χ0v) is 11.7. The van der Waals surface area contributed by atoms with Gasteiger partial charge in [-0.15, -0.1) is 0 Å². The number of anilines is 2. The number of carbonyl (C=O) groups excluding carboxylic acids is 1. The number of methoxy groups -OCH3 is 2. The number of aromatic nitrogens is 2. The summed E-state index contributed by atoms with van der Waals surface area (Å²) in [5.41, 5.74) is 0.271. The normalized spacial score (nSPS) is 10.0. The number of halogens is 2. The quantitative estimate of drug-likeness (QED) is 0.906. The van der Waals surface area contributed by atoms with Gasteiger partial charge < -0.3 is 20.1 Å². The summed E-state index contributed by atoms with van der Waals surface area (Å²) in [5.74, 6) is -1.98. The monoisotopic (exact) mass is 310 g/mol. The van der Waals surface area contributed by atoms with Crippen LogP contribution in [0.15, 0.2) is 24.4 Å². The van der Waals surface area contributed by atoms with Crippen LogP contribution >= 0.6 is 0 Å². The lowest BCUT2D eigenvalue weighted by atomic mass is 10.3. The highest BCUT2D eigenvalue weighted by Gasteiger charge is 2.12. The van der Waals surface area contributed by atoms with Crippen molar-refractivity contribution in [3.63, 3.8) is 0 Å². The zero-order valence-electron chi connectivity index (χ0n) is 11.7. The fourth-order valence-corrected chi connectivity index (χ4v) is 1.55. The number of hydrogen-bond donors (Lipinski definition) is 2. The van der Waals surface area contributed by atoms with Gasteiger partial charge in [-0.25, -0.2) is 18.6 Å². The van der Waals surface area contributed by atoms with Gasteiger partial charge in [0.2, 0.25) is 5.88 Å². The summed E-state index contributed by atoms with van der Waals surface area (Å²) in [5, 5.41) is 4.76. The number of nitrogens with zero attached hydrogens (tertiary/aromatic N) is 2. The fraction of sp³-hybridized carbons (Fsp3) is 0.154. The molecule has 0 spiro atoms. The lowest BCUT2D eigenvalue weighted by Crippen LogP contribution is -2.20.